The molecule has 3 N–H and O–H groups in total. The highest BCUT2D eigenvalue weighted by Gasteiger charge is 2.50. The van der Waals surface area contributed by atoms with Gasteiger partial charge in [-0.2, -0.15) is 0 Å². The van der Waals surface area contributed by atoms with Crippen LogP contribution in [0.5, 0.6) is 11.5 Å². The number of rotatable bonds is 4. The zero-order valence-electron chi connectivity index (χ0n) is 15.6. The van der Waals surface area contributed by atoms with Gasteiger partial charge in [0.2, 0.25) is 0 Å². The Balaban J connectivity index is 1.13. The van der Waals surface area contributed by atoms with Crippen molar-refractivity contribution in [1.82, 2.24) is 15.3 Å². The number of aromatic amines is 2. The molecule has 6 heteroatoms. The Morgan fingerprint density at radius 3 is 2.56 bits per heavy atom. The molecule has 2 aromatic rings. The summed E-state index contributed by atoms with van der Waals surface area (Å²) in [7, 11) is 0. The summed E-state index contributed by atoms with van der Waals surface area (Å²) in [6.07, 6.45) is 8.68. The van der Waals surface area contributed by atoms with Crippen molar-refractivity contribution in [2.45, 2.75) is 44.6 Å². The summed E-state index contributed by atoms with van der Waals surface area (Å²) in [5.74, 6) is 4.31. The molecule has 1 atom stereocenters. The summed E-state index contributed by atoms with van der Waals surface area (Å²) >= 11 is 0. The van der Waals surface area contributed by atoms with Crippen molar-refractivity contribution in [2.75, 3.05) is 19.7 Å². The highest BCUT2D eigenvalue weighted by molar-refractivity contribution is 5.84. The summed E-state index contributed by atoms with van der Waals surface area (Å²) in [5, 5.41) is 3.71. The van der Waals surface area contributed by atoms with Crippen molar-refractivity contribution in [3.8, 4) is 11.5 Å². The van der Waals surface area contributed by atoms with Gasteiger partial charge < -0.3 is 24.8 Å². The molecule has 0 amide bonds. The molecule has 1 aliphatic heterocycles. The van der Waals surface area contributed by atoms with Gasteiger partial charge in [-0.25, -0.2) is 4.79 Å². The quantitative estimate of drug-likeness (QED) is 0.774. The van der Waals surface area contributed by atoms with Crippen molar-refractivity contribution in [3.63, 3.8) is 0 Å². The lowest BCUT2D eigenvalue weighted by atomic mass is 9.49. The van der Waals surface area contributed by atoms with Crippen molar-refractivity contribution >= 4 is 11.0 Å². The summed E-state index contributed by atoms with van der Waals surface area (Å²) < 4.78 is 12.1. The molecule has 2 heterocycles. The number of benzene rings is 1. The fourth-order valence-electron chi connectivity index (χ4n) is 6.78. The maximum atomic E-state index is 11.6. The normalized spacial score (nSPS) is 36.4. The van der Waals surface area contributed by atoms with Crippen molar-refractivity contribution < 1.29 is 9.47 Å². The Labute approximate surface area is 158 Å². The van der Waals surface area contributed by atoms with Gasteiger partial charge in [-0.3, -0.25) is 0 Å². The molecule has 4 fully saturated rings. The van der Waals surface area contributed by atoms with Gasteiger partial charge in [0.15, 0.2) is 11.5 Å². The molecule has 6 nitrogen and oxygen atoms in total. The molecule has 27 heavy (non-hydrogen) atoms. The number of imidazole rings is 1. The van der Waals surface area contributed by atoms with Crippen LogP contribution in [0.4, 0.5) is 0 Å². The van der Waals surface area contributed by atoms with E-state index in [0.29, 0.717) is 29.0 Å². The summed E-state index contributed by atoms with van der Waals surface area (Å²) in [4.78, 5) is 17.2. The molecule has 1 aromatic heterocycles. The van der Waals surface area contributed by atoms with Crippen LogP contribution in [0, 0.1) is 23.2 Å². The van der Waals surface area contributed by atoms with Crippen LogP contribution in [0.1, 0.15) is 38.5 Å². The molecule has 4 aliphatic carbocycles. The third kappa shape index (κ3) is 2.68. The third-order valence-corrected chi connectivity index (χ3v) is 7.35. The minimum absolute atomic E-state index is 0.0320. The molecular weight excluding hydrogens is 342 g/mol. The zero-order valence-corrected chi connectivity index (χ0v) is 15.6. The number of ether oxygens (including phenoxy) is 2. The summed E-state index contributed by atoms with van der Waals surface area (Å²) in [5.41, 5.74) is 1.76. The average Bonchev–Trinajstić information content (AvgIpc) is 3.01. The SMILES string of the molecule is O=c1[nH]c2ccc3c(c2[nH]1)OC(CNCC12CC4CC(CC(C4)C1)C2)CO3. The standard InChI is InChI=1S/C21H27N3O3/c25-20-23-16-1-2-17-19(18(16)24-20)27-15(10-26-17)9-22-11-21-6-12-3-13(7-21)5-14(4-12)8-21/h1-2,12-15,22H,3-11H2,(H2,23,24,25). The Hall–Kier alpha value is -1.95. The average molecular weight is 369 g/mol. The van der Waals surface area contributed by atoms with Crippen LogP contribution < -0.4 is 20.5 Å². The maximum Gasteiger partial charge on any atom is 0.323 e. The van der Waals surface area contributed by atoms with Gasteiger partial charge >= 0.3 is 5.69 Å². The van der Waals surface area contributed by atoms with Crippen molar-refractivity contribution in [2.24, 2.45) is 23.2 Å². The van der Waals surface area contributed by atoms with Gasteiger partial charge in [0.1, 0.15) is 18.2 Å². The van der Waals surface area contributed by atoms with Crippen molar-refractivity contribution in [3.05, 3.63) is 22.6 Å². The number of aromatic nitrogens is 2. The van der Waals surface area contributed by atoms with Crippen molar-refractivity contribution in [1.29, 1.82) is 0 Å². The van der Waals surface area contributed by atoms with Crippen LogP contribution in [0.15, 0.2) is 16.9 Å². The van der Waals surface area contributed by atoms with Gasteiger partial charge in [0.25, 0.3) is 0 Å². The van der Waals surface area contributed by atoms with E-state index in [1.165, 1.54) is 38.5 Å². The number of hydrogen-bond acceptors (Lipinski definition) is 4. The van der Waals surface area contributed by atoms with E-state index in [9.17, 15) is 4.79 Å². The fourth-order valence-corrected chi connectivity index (χ4v) is 6.78. The monoisotopic (exact) mass is 369 g/mol. The second-order valence-electron chi connectivity index (χ2n) is 9.49. The summed E-state index contributed by atoms with van der Waals surface area (Å²) in [6.45, 7) is 2.43. The second kappa shape index (κ2) is 5.77. The van der Waals surface area contributed by atoms with E-state index in [1.54, 1.807) is 0 Å². The van der Waals surface area contributed by atoms with Gasteiger partial charge in [0, 0.05) is 13.1 Å². The number of nitrogens with one attached hydrogen (secondary N) is 3. The highest BCUT2D eigenvalue weighted by Crippen LogP contribution is 2.59. The van der Waals surface area contributed by atoms with Gasteiger partial charge in [-0.15, -0.1) is 0 Å². The molecule has 0 radical (unpaired) electrons. The molecule has 1 unspecified atom stereocenters. The molecule has 7 rings (SSSR count). The first-order valence-electron chi connectivity index (χ1n) is 10.4. The molecule has 1 aromatic carbocycles. The topological polar surface area (TPSA) is 79.1 Å². The van der Waals surface area contributed by atoms with Gasteiger partial charge in [0.05, 0.1) is 5.52 Å². The van der Waals surface area contributed by atoms with Crippen LogP contribution in [0.25, 0.3) is 11.0 Å². The summed E-state index contributed by atoms with van der Waals surface area (Å²) in [6, 6.07) is 3.71. The van der Waals surface area contributed by atoms with E-state index < -0.39 is 0 Å². The van der Waals surface area contributed by atoms with Gasteiger partial charge in [-0.1, -0.05) is 0 Å². The minimum Gasteiger partial charge on any atom is -0.486 e. The van der Waals surface area contributed by atoms with Crippen LogP contribution >= 0.6 is 0 Å². The predicted octanol–water partition coefficient (Wildman–Crippen LogP) is 2.80. The van der Waals surface area contributed by atoms with E-state index in [0.717, 1.165) is 36.4 Å². The lowest BCUT2D eigenvalue weighted by Crippen LogP contribution is -2.51. The molecular formula is C21H27N3O3. The molecule has 144 valence electrons. The Kier molecular flexibility index (Phi) is 3.43. The van der Waals surface area contributed by atoms with E-state index in [2.05, 4.69) is 15.3 Å². The predicted molar refractivity (Wildman–Crippen MR) is 102 cm³/mol. The molecule has 4 bridgehead atoms. The van der Waals surface area contributed by atoms with Crippen LogP contribution in [0.2, 0.25) is 0 Å². The van der Waals surface area contributed by atoms with E-state index in [4.69, 9.17) is 9.47 Å². The third-order valence-electron chi connectivity index (χ3n) is 7.35. The number of fused-ring (bicyclic) bond motifs is 3. The first kappa shape index (κ1) is 16.0. The first-order valence-corrected chi connectivity index (χ1v) is 10.4. The van der Waals surface area contributed by atoms with Crippen LogP contribution in [0.3, 0.4) is 0 Å². The first-order chi connectivity index (χ1) is 13.2. The van der Waals surface area contributed by atoms with E-state index in [-0.39, 0.29) is 11.8 Å². The number of hydrogen-bond donors (Lipinski definition) is 3. The lowest BCUT2D eigenvalue weighted by Gasteiger charge is -2.57. The second-order valence-corrected chi connectivity index (χ2v) is 9.49. The highest BCUT2D eigenvalue weighted by atomic mass is 16.6. The van der Waals surface area contributed by atoms with Crippen LogP contribution in [-0.2, 0) is 0 Å². The van der Waals surface area contributed by atoms with Gasteiger partial charge in [-0.05, 0) is 73.8 Å². The van der Waals surface area contributed by atoms with E-state index >= 15 is 0 Å². The maximum absolute atomic E-state index is 11.6. The minimum atomic E-state index is -0.218. The van der Waals surface area contributed by atoms with Crippen LogP contribution in [-0.4, -0.2) is 35.8 Å². The molecule has 0 saturated heterocycles. The largest absolute Gasteiger partial charge is 0.486 e. The molecule has 5 aliphatic rings. The Bertz CT molecular complexity index is 895. The Morgan fingerprint density at radius 2 is 1.81 bits per heavy atom. The Morgan fingerprint density at radius 1 is 1.07 bits per heavy atom. The van der Waals surface area contributed by atoms with E-state index in [1.807, 2.05) is 12.1 Å². The molecule has 4 saturated carbocycles. The zero-order chi connectivity index (χ0) is 18.0. The smallest absolute Gasteiger partial charge is 0.323 e. The molecule has 0 spiro atoms. The fraction of sp³-hybridized carbons (Fsp3) is 0.667. The lowest BCUT2D eigenvalue weighted by molar-refractivity contribution is -0.0524. The number of H-pyrrole nitrogens is 2.